The largest absolute Gasteiger partial charge is 0.496 e. The maximum absolute atomic E-state index is 12.4. The highest BCUT2D eigenvalue weighted by Gasteiger charge is 2.25. The molecule has 0 bridgehead atoms. The van der Waals surface area contributed by atoms with Crippen LogP contribution in [-0.4, -0.2) is 43.2 Å². The summed E-state index contributed by atoms with van der Waals surface area (Å²) in [6.45, 7) is 7.23. The Morgan fingerprint density at radius 2 is 2.19 bits per heavy atom. The zero-order chi connectivity index (χ0) is 15.4. The lowest BCUT2D eigenvalue weighted by atomic mass is 10.1. The number of carbonyl (C=O) groups is 1. The minimum atomic E-state index is 0.0150. The smallest absolute Gasteiger partial charge is 0.246 e. The van der Waals surface area contributed by atoms with Crippen molar-refractivity contribution >= 4 is 12.0 Å². The van der Waals surface area contributed by atoms with Crippen LogP contribution in [0.25, 0.3) is 6.08 Å². The Morgan fingerprint density at radius 3 is 2.90 bits per heavy atom. The van der Waals surface area contributed by atoms with Crippen molar-refractivity contribution in [2.45, 2.75) is 32.9 Å². The van der Waals surface area contributed by atoms with Crippen LogP contribution in [0.15, 0.2) is 24.3 Å². The van der Waals surface area contributed by atoms with Crippen molar-refractivity contribution in [3.05, 3.63) is 35.4 Å². The first-order chi connectivity index (χ1) is 10.0. The Kier molecular flexibility index (Phi) is 5.02. The van der Waals surface area contributed by atoms with Gasteiger partial charge in [0.25, 0.3) is 0 Å². The number of hydrogen-bond acceptors (Lipinski definition) is 3. The van der Waals surface area contributed by atoms with Gasteiger partial charge in [0.15, 0.2) is 0 Å². The van der Waals surface area contributed by atoms with E-state index < -0.39 is 0 Å². The Balaban J connectivity index is 2.13. The molecule has 4 nitrogen and oxygen atoms in total. The van der Waals surface area contributed by atoms with Gasteiger partial charge in [-0.25, -0.2) is 0 Å². The fraction of sp³-hybridized carbons (Fsp3) is 0.471. The van der Waals surface area contributed by atoms with Crippen molar-refractivity contribution in [2.75, 3.05) is 20.3 Å². The van der Waals surface area contributed by atoms with E-state index in [2.05, 4.69) is 0 Å². The number of aryl methyl sites for hydroxylation is 1. The SMILES string of the molecule is COc1ccc(C)cc1/C=C/C(=O)N1CC(C)OCC1C. The van der Waals surface area contributed by atoms with Gasteiger partial charge in [-0.05, 0) is 39.0 Å². The normalized spacial score (nSPS) is 22.6. The van der Waals surface area contributed by atoms with Crippen molar-refractivity contribution in [3.8, 4) is 5.75 Å². The monoisotopic (exact) mass is 289 g/mol. The molecule has 1 aromatic rings. The van der Waals surface area contributed by atoms with Crippen LogP contribution in [0.3, 0.4) is 0 Å². The highest BCUT2D eigenvalue weighted by molar-refractivity contribution is 5.92. The van der Waals surface area contributed by atoms with Crippen LogP contribution >= 0.6 is 0 Å². The summed E-state index contributed by atoms with van der Waals surface area (Å²) in [6, 6.07) is 6.02. The summed E-state index contributed by atoms with van der Waals surface area (Å²) in [5.41, 5.74) is 2.05. The second-order valence-electron chi connectivity index (χ2n) is 5.56. The van der Waals surface area contributed by atoms with Gasteiger partial charge in [-0.1, -0.05) is 11.6 Å². The summed E-state index contributed by atoms with van der Waals surface area (Å²) in [5, 5.41) is 0. The number of amides is 1. The Hall–Kier alpha value is -1.81. The summed E-state index contributed by atoms with van der Waals surface area (Å²) in [5.74, 6) is 0.786. The molecule has 1 aromatic carbocycles. The van der Waals surface area contributed by atoms with Crippen molar-refractivity contribution < 1.29 is 14.3 Å². The maximum atomic E-state index is 12.4. The quantitative estimate of drug-likeness (QED) is 0.803. The van der Waals surface area contributed by atoms with E-state index in [1.165, 1.54) is 0 Å². The number of nitrogens with zero attached hydrogens (tertiary/aromatic N) is 1. The lowest BCUT2D eigenvalue weighted by Crippen LogP contribution is -2.49. The van der Waals surface area contributed by atoms with E-state index in [0.29, 0.717) is 13.2 Å². The fourth-order valence-corrected chi connectivity index (χ4v) is 2.45. The lowest BCUT2D eigenvalue weighted by Gasteiger charge is -2.36. The number of methoxy groups -OCH3 is 1. The zero-order valence-electron chi connectivity index (χ0n) is 13.1. The molecule has 1 saturated heterocycles. The maximum Gasteiger partial charge on any atom is 0.246 e. The van der Waals surface area contributed by atoms with E-state index in [0.717, 1.165) is 16.9 Å². The molecule has 114 valence electrons. The fourth-order valence-electron chi connectivity index (χ4n) is 2.45. The van der Waals surface area contributed by atoms with E-state index >= 15 is 0 Å². The minimum Gasteiger partial charge on any atom is -0.496 e. The van der Waals surface area contributed by atoms with Gasteiger partial charge in [-0.3, -0.25) is 4.79 Å². The molecular formula is C17H23NO3. The molecule has 21 heavy (non-hydrogen) atoms. The van der Waals surface area contributed by atoms with Crippen LogP contribution in [-0.2, 0) is 9.53 Å². The van der Waals surface area contributed by atoms with Crippen molar-refractivity contribution in [2.24, 2.45) is 0 Å². The third kappa shape index (κ3) is 3.85. The molecule has 4 heteroatoms. The first kappa shape index (κ1) is 15.6. The molecular weight excluding hydrogens is 266 g/mol. The van der Waals surface area contributed by atoms with E-state index in [1.807, 2.05) is 49.9 Å². The second-order valence-corrected chi connectivity index (χ2v) is 5.56. The standard InChI is InChI=1S/C17H23NO3/c1-12-5-7-16(20-4)15(9-12)6-8-17(19)18-10-14(3)21-11-13(18)2/h5-9,13-14H,10-11H2,1-4H3/b8-6+. The number of ether oxygens (including phenoxy) is 2. The molecule has 0 N–H and O–H groups in total. The summed E-state index contributed by atoms with van der Waals surface area (Å²) >= 11 is 0. The molecule has 1 aliphatic rings. The van der Waals surface area contributed by atoms with Crippen LogP contribution < -0.4 is 4.74 Å². The molecule has 0 spiro atoms. The number of carbonyl (C=O) groups excluding carboxylic acids is 1. The third-order valence-electron chi connectivity index (χ3n) is 3.68. The van der Waals surface area contributed by atoms with Crippen LogP contribution in [0.5, 0.6) is 5.75 Å². The van der Waals surface area contributed by atoms with Crippen LogP contribution in [0, 0.1) is 6.92 Å². The lowest BCUT2D eigenvalue weighted by molar-refractivity contribution is -0.137. The molecule has 1 heterocycles. The molecule has 0 saturated carbocycles. The van der Waals surface area contributed by atoms with Crippen molar-refractivity contribution in [1.82, 2.24) is 4.90 Å². The average Bonchev–Trinajstić information content (AvgIpc) is 2.47. The third-order valence-corrected chi connectivity index (χ3v) is 3.68. The summed E-state index contributed by atoms with van der Waals surface area (Å²) in [4.78, 5) is 14.2. The van der Waals surface area contributed by atoms with E-state index in [4.69, 9.17) is 9.47 Å². The summed E-state index contributed by atoms with van der Waals surface area (Å²) < 4.78 is 10.9. The molecule has 2 rings (SSSR count). The number of rotatable bonds is 3. The van der Waals surface area contributed by atoms with Gasteiger partial charge in [-0.2, -0.15) is 0 Å². The summed E-state index contributed by atoms with van der Waals surface area (Å²) in [6.07, 6.45) is 3.53. The van der Waals surface area contributed by atoms with Crippen molar-refractivity contribution in [3.63, 3.8) is 0 Å². The van der Waals surface area contributed by atoms with E-state index in [1.54, 1.807) is 13.2 Å². The topological polar surface area (TPSA) is 38.8 Å². The second kappa shape index (κ2) is 6.76. The molecule has 2 unspecified atom stereocenters. The zero-order valence-corrected chi connectivity index (χ0v) is 13.1. The van der Waals surface area contributed by atoms with Crippen molar-refractivity contribution in [1.29, 1.82) is 0 Å². The highest BCUT2D eigenvalue weighted by atomic mass is 16.5. The minimum absolute atomic E-state index is 0.0150. The number of hydrogen-bond donors (Lipinski definition) is 0. The number of benzene rings is 1. The van der Waals surface area contributed by atoms with Gasteiger partial charge >= 0.3 is 0 Å². The Bertz CT molecular complexity index is 539. The van der Waals surface area contributed by atoms with E-state index in [-0.39, 0.29) is 18.1 Å². The van der Waals surface area contributed by atoms with Gasteiger partial charge < -0.3 is 14.4 Å². The first-order valence-corrected chi connectivity index (χ1v) is 7.26. The predicted octanol–water partition coefficient (Wildman–Crippen LogP) is 2.65. The van der Waals surface area contributed by atoms with Gasteiger partial charge in [-0.15, -0.1) is 0 Å². The number of morpholine rings is 1. The molecule has 0 aliphatic carbocycles. The van der Waals surface area contributed by atoms with Crippen LogP contribution in [0.4, 0.5) is 0 Å². The first-order valence-electron chi connectivity index (χ1n) is 7.26. The molecule has 0 aromatic heterocycles. The Labute approximate surface area is 126 Å². The average molecular weight is 289 g/mol. The highest BCUT2D eigenvalue weighted by Crippen LogP contribution is 2.21. The van der Waals surface area contributed by atoms with E-state index in [9.17, 15) is 4.79 Å². The molecule has 1 fully saturated rings. The predicted molar refractivity (Wildman–Crippen MR) is 83.4 cm³/mol. The van der Waals surface area contributed by atoms with Crippen LogP contribution in [0.1, 0.15) is 25.0 Å². The molecule has 2 atom stereocenters. The van der Waals surface area contributed by atoms with Gasteiger partial charge in [0.05, 0.1) is 25.9 Å². The van der Waals surface area contributed by atoms with Gasteiger partial charge in [0, 0.05) is 18.2 Å². The Morgan fingerprint density at radius 1 is 1.43 bits per heavy atom. The molecule has 1 amide bonds. The molecule has 0 radical (unpaired) electrons. The van der Waals surface area contributed by atoms with Crippen LogP contribution in [0.2, 0.25) is 0 Å². The molecule has 1 aliphatic heterocycles. The van der Waals surface area contributed by atoms with Gasteiger partial charge in [0.1, 0.15) is 5.75 Å². The summed E-state index contributed by atoms with van der Waals surface area (Å²) in [7, 11) is 1.63. The van der Waals surface area contributed by atoms with Gasteiger partial charge in [0.2, 0.25) is 5.91 Å².